The lowest BCUT2D eigenvalue weighted by molar-refractivity contribution is 0.101. The fourth-order valence-electron chi connectivity index (χ4n) is 3.21. The summed E-state index contributed by atoms with van der Waals surface area (Å²) in [6.45, 7) is -0.122. The van der Waals surface area contributed by atoms with Crippen molar-refractivity contribution in [2.75, 3.05) is 11.1 Å². The molecule has 4 rings (SSSR count). The third-order valence-corrected chi connectivity index (χ3v) is 4.57. The number of rotatable bonds is 4. The van der Waals surface area contributed by atoms with Crippen molar-refractivity contribution in [3.05, 3.63) is 95.7 Å². The van der Waals surface area contributed by atoms with Crippen molar-refractivity contribution in [2.24, 2.45) is 0 Å². The molecule has 0 fully saturated rings. The quantitative estimate of drug-likeness (QED) is 0.502. The predicted molar refractivity (Wildman–Crippen MR) is 106 cm³/mol. The summed E-state index contributed by atoms with van der Waals surface area (Å²) >= 11 is 0. The van der Waals surface area contributed by atoms with E-state index in [9.17, 15) is 13.6 Å². The number of anilines is 2. The maximum Gasteiger partial charge on any atom is 0.272 e. The van der Waals surface area contributed by atoms with Gasteiger partial charge < -0.3 is 15.6 Å². The number of nitrogen functional groups attached to an aromatic ring is 1. The number of para-hydroxylation sites is 1. The molecule has 0 radical (unpaired) electrons. The van der Waals surface area contributed by atoms with Crippen molar-refractivity contribution in [2.45, 2.75) is 6.54 Å². The van der Waals surface area contributed by atoms with Crippen LogP contribution in [0.1, 0.15) is 16.1 Å². The number of aromatic nitrogens is 1. The van der Waals surface area contributed by atoms with Crippen molar-refractivity contribution < 1.29 is 13.6 Å². The molecule has 0 saturated heterocycles. The molecule has 0 aliphatic heterocycles. The predicted octanol–water partition coefficient (Wildman–Crippen LogP) is 4.80. The smallest absolute Gasteiger partial charge is 0.272 e. The zero-order valence-corrected chi connectivity index (χ0v) is 14.8. The molecule has 1 amide bonds. The van der Waals surface area contributed by atoms with E-state index in [2.05, 4.69) is 5.32 Å². The van der Waals surface area contributed by atoms with Gasteiger partial charge in [-0.3, -0.25) is 4.79 Å². The summed E-state index contributed by atoms with van der Waals surface area (Å²) in [4.78, 5) is 12.9. The normalized spacial score (nSPS) is 10.9. The Kier molecular flexibility index (Phi) is 4.53. The molecule has 0 bridgehead atoms. The first-order valence-corrected chi connectivity index (χ1v) is 8.71. The van der Waals surface area contributed by atoms with E-state index in [1.165, 1.54) is 18.2 Å². The van der Waals surface area contributed by atoms with Gasteiger partial charge in [0.2, 0.25) is 0 Å². The monoisotopic (exact) mass is 377 g/mol. The highest BCUT2D eigenvalue weighted by Gasteiger charge is 2.19. The second-order valence-electron chi connectivity index (χ2n) is 6.45. The first-order chi connectivity index (χ1) is 13.5. The lowest BCUT2D eigenvalue weighted by Gasteiger charge is -2.13. The van der Waals surface area contributed by atoms with Gasteiger partial charge in [-0.1, -0.05) is 24.3 Å². The average Bonchev–Trinajstić information content (AvgIpc) is 3.03. The summed E-state index contributed by atoms with van der Waals surface area (Å²) in [6, 6.07) is 19.5. The van der Waals surface area contributed by atoms with Crippen LogP contribution in [0.5, 0.6) is 0 Å². The van der Waals surface area contributed by atoms with E-state index in [-0.39, 0.29) is 23.7 Å². The number of benzene rings is 3. The number of nitrogens with zero attached hydrogens (tertiary/aromatic N) is 1. The number of halogens is 2. The van der Waals surface area contributed by atoms with E-state index in [1.807, 2.05) is 6.07 Å². The standard InChI is InChI=1S/C22H17F2N3O/c23-18-7-4-8-19(24)17(18)13-27-20-10-9-15(25)11-14(20)12-21(27)22(28)26-16-5-2-1-3-6-16/h1-12H,13,25H2,(H,26,28). The van der Waals surface area contributed by atoms with E-state index in [0.717, 1.165) is 5.39 Å². The molecule has 140 valence electrons. The fraction of sp³-hybridized carbons (Fsp3) is 0.0455. The Morgan fingerprint density at radius 2 is 1.64 bits per heavy atom. The third kappa shape index (κ3) is 3.32. The molecule has 0 spiro atoms. The largest absolute Gasteiger partial charge is 0.399 e. The van der Waals surface area contributed by atoms with E-state index >= 15 is 0 Å². The Balaban J connectivity index is 1.81. The Morgan fingerprint density at radius 3 is 2.36 bits per heavy atom. The summed E-state index contributed by atoms with van der Waals surface area (Å²) in [6.07, 6.45) is 0. The topological polar surface area (TPSA) is 60.1 Å². The highest BCUT2D eigenvalue weighted by Crippen LogP contribution is 2.26. The molecule has 3 N–H and O–H groups in total. The van der Waals surface area contributed by atoms with Crippen LogP contribution in [0.15, 0.2) is 72.8 Å². The average molecular weight is 377 g/mol. The van der Waals surface area contributed by atoms with Crippen LogP contribution in [0.25, 0.3) is 10.9 Å². The van der Waals surface area contributed by atoms with Crippen LogP contribution in [0.2, 0.25) is 0 Å². The Morgan fingerprint density at radius 1 is 0.929 bits per heavy atom. The van der Waals surface area contributed by atoms with Gasteiger partial charge in [0.25, 0.3) is 5.91 Å². The summed E-state index contributed by atoms with van der Waals surface area (Å²) in [5, 5.41) is 3.53. The molecule has 4 aromatic rings. The lowest BCUT2D eigenvalue weighted by atomic mass is 10.2. The molecule has 0 aliphatic rings. The number of nitrogens with two attached hydrogens (primary N) is 1. The third-order valence-electron chi connectivity index (χ3n) is 4.57. The number of nitrogens with one attached hydrogen (secondary N) is 1. The van der Waals surface area contributed by atoms with Gasteiger partial charge in [-0.2, -0.15) is 0 Å². The van der Waals surface area contributed by atoms with Gasteiger partial charge in [0.05, 0.1) is 6.54 Å². The maximum absolute atomic E-state index is 14.2. The SMILES string of the molecule is Nc1ccc2c(c1)cc(C(=O)Nc1ccccc1)n2Cc1c(F)cccc1F. The van der Waals surface area contributed by atoms with Gasteiger partial charge in [-0.25, -0.2) is 8.78 Å². The van der Waals surface area contributed by atoms with E-state index < -0.39 is 11.6 Å². The van der Waals surface area contributed by atoms with Gasteiger partial charge in [-0.05, 0) is 48.5 Å². The molecule has 0 atom stereocenters. The van der Waals surface area contributed by atoms with Crippen molar-refractivity contribution in [3.8, 4) is 0 Å². The molecule has 3 aromatic carbocycles. The maximum atomic E-state index is 14.2. The first kappa shape index (κ1) is 17.7. The summed E-state index contributed by atoms with van der Waals surface area (Å²) in [5.74, 6) is -1.70. The summed E-state index contributed by atoms with van der Waals surface area (Å²) in [7, 11) is 0. The van der Waals surface area contributed by atoms with E-state index in [0.29, 0.717) is 16.9 Å². The Bertz CT molecular complexity index is 1150. The molecule has 6 heteroatoms. The molecule has 0 saturated carbocycles. The molecule has 0 aliphatic carbocycles. The highest BCUT2D eigenvalue weighted by molar-refractivity contribution is 6.06. The Labute approximate surface area is 160 Å². The van der Waals surface area contributed by atoms with Gasteiger partial charge in [0.15, 0.2) is 0 Å². The van der Waals surface area contributed by atoms with Gasteiger partial charge in [0.1, 0.15) is 17.3 Å². The first-order valence-electron chi connectivity index (χ1n) is 8.71. The van der Waals surface area contributed by atoms with Gasteiger partial charge in [-0.15, -0.1) is 0 Å². The lowest BCUT2D eigenvalue weighted by Crippen LogP contribution is -2.18. The number of hydrogen-bond donors (Lipinski definition) is 2. The minimum Gasteiger partial charge on any atom is -0.399 e. The van der Waals surface area contributed by atoms with Crippen LogP contribution >= 0.6 is 0 Å². The number of carbonyl (C=O) groups is 1. The highest BCUT2D eigenvalue weighted by atomic mass is 19.1. The summed E-state index contributed by atoms with van der Waals surface area (Å²) in [5.41, 5.74) is 7.86. The number of amides is 1. The molecule has 0 unspecified atom stereocenters. The molecular formula is C22H17F2N3O. The Hall–Kier alpha value is -3.67. The van der Waals surface area contributed by atoms with Crippen molar-refractivity contribution in [3.63, 3.8) is 0 Å². The minimum absolute atomic E-state index is 0.106. The second kappa shape index (κ2) is 7.15. The number of hydrogen-bond acceptors (Lipinski definition) is 2. The zero-order chi connectivity index (χ0) is 19.7. The fourth-order valence-corrected chi connectivity index (χ4v) is 3.21. The molecule has 1 aromatic heterocycles. The van der Waals surface area contributed by atoms with Crippen molar-refractivity contribution in [1.82, 2.24) is 4.57 Å². The van der Waals surface area contributed by atoms with Gasteiger partial charge in [0, 0.05) is 27.8 Å². The van der Waals surface area contributed by atoms with Crippen LogP contribution in [-0.2, 0) is 6.54 Å². The van der Waals surface area contributed by atoms with Crippen LogP contribution in [-0.4, -0.2) is 10.5 Å². The number of carbonyl (C=O) groups excluding carboxylic acids is 1. The van der Waals surface area contributed by atoms with Crippen LogP contribution in [0.3, 0.4) is 0 Å². The van der Waals surface area contributed by atoms with Crippen LogP contribution in [0.4, 0.5) is 20.2 Å². The molecule has 1 heterocycles. The van der Waals surface area contributed by atoms with Crippen LogP contribution in [0, 0.1) is 11.6 Å². The molecular weight excluding hydrogens is 360 g/mol. The van der Waals surface area contributed by atoms with Crippen LogP contribution < -0.4 is 11.1 Å². The van der Waals surface area contributed by atoms with Crippen molar-refractivity contribution >= 4 is 28.2 Å². The van der Waals surface area contributed by atoms with E-state index in [1.54, 1.807) is 53.1 Å². The molecule has 4 nitrogen and oxygen atoms in total. The minimum atomic E-state index is -0.660. The van der Waals surface area contributed by atoms with Crippen molar-refractivity contribution in [1.29, 1.82) is 0 Å². The van der Waals surface area contributed by atoms with Gasteiger partial charge >= 0.3 is 0 Å². The molecule has 28 heavy (non-hydrogen) atoms. The summed E-state index contributed by atoms with van der Waals surface area (Å²) < 4.78 is 30.0. The second-order valence-corrected chi connectivity index (χ2v) is 6.45. The number of fused-ring (bicyclic) bond motifs is 1. The zero-order valence-electron chi connectivity index (χ0n) is 14.8. The van der Waals surface area contributed by atoms with E-state index in [4.69, 9.17) is 5.73 Å².